The Labute approximate surface area is 78.6 Å². The van der Waals surface area contributed by atoms with Gasteiger partial charge in [0, 0.05) is 0 Å². The van der Waals surface area contributed by atoms with Crippen LogP contribution in [0.4, 0.5) is 4.79 Å². The summed E-state index contributed by atoms with van der Waals surface area (Å²) in [7, 11) is 0. The number of ether oxygens (including phenoxy) is 1. The quantitative estimate of drug-likeness (QED) is 0.647. The normalized spacial score (nSPS) is 13.2. The summed E-state index contributed by atoms with van der Waals surface area (Å²) < 4.78 is 4.70. The maximum absolute atomic E-state index is 11.0. The molecule has 0 saturated carbocycles. The summed E-state index contributed by atoms with van der Waals surface area (Å²) in [6.07, 6.45) is 0.296. The van der Waals surface area contributed by atoms with Crippen molar-refractivity contribution in [1.82, 2.24) is 5.32 Å². The number of rotatable bonds is 4. The summed E-state index contributed by atoms with van der Waals surface area (Å²) >= 11 is 0. The van der Waals surface area contributed by atoms with E-state index in [1.807, 2.05) is 0 Å². The first kappa shape index (κ1) is 12.0. The Morgan fingerprint density at radius 1 is 1.77 bits per heavy atom. The summed E-state index contributed by atoms with van der Waals surface area (Å²) in [5.74, 6) is 0. The maximum atomic E-state index is 11.0. The molecule has 0 bridgehead atoms. The molecule has 0 spiro atoms. The van der Waals surface area contributed by atoms with Crippen molar-refractivity contribution in [3.63, 3.8) is 0 Å². The lowest BCUT2D eigenvalue weighted by atomic mass is 9.99. The van der Waals surface area contributed by atoms with Crippen LogP contribution >= 0.6 is 0 Å². The van der Waals surface area contributed by atoms with E-state index in [9.17, 15) is 9.90 Å². The second kappa shape index (κ2) is 4.87. The summed E-state index contributed by atoms with van der Waals surface area (Å²) in [6, 6.07) is 0. The lowest BCUT2D eigenvalue weighted by Gasteiger charge is -2.28. The van der Waals surface area contributed by atoms with E-state index in [0.717, 1.165) is 0 Å². The van der Waals surface area contributed by atoms with Crippen LogP contribution in [-0.2, 0) is 4.74 Å². The number of amides is 1. The minimum Gasteiger partial charge on any atom is -0.445 e. The van der Waals surface area contributed by atoms with E-state index in [1.54, 1.807) is 20.8 Å². The molecular weight excluding hydrogens is 170 g/mol. The molecule has 0 aromatic rings. The van der Waals surface area contributed by atoms with Crippen molar-refractivity contribution < 1.29 is 14.6 Å². The van der Waals surface area contributed by atoms with Crippen LogP contribution in [0, 0.1) is 0 Å². The lowest BCUT2D eigenvalue weighted by Crippen LogP contribution is -2.51. The monoisotopic (exact) mass is 187 g/mol. The number of hydrogen-bond acceptors (Lipinski definition) is 3. The molecule has 4 nitrogen and oxygen atoms in total. The van der Waals surface area contributed by atoms with Crippen molar-refractivity contribution in [1.29, 1.82) is 0 Å². The van der Waals surface area contributed by atoms with Crippen LogP contribution in [0.15, 0.2) is 12.7 Å². The van der Waals surface area contributed by atoms with E-state index < -0.39 is 17.7 Å². The van der Waals surface area contributed by atoms with E-state index in [2.05, 4.69) is 11.9 Å². The summed E-state index contributed by atoms with van der Waals surface area (Å²) in [4.78, 5) is 11.0. The van der Waals surface area contributed by atoms with Gasteiger partial charge in [-0.15, -0.1) is 0 Å². The Hall–Kier alpha value is -1.03. The molecule has 0 aliphatic carbocycles. The molecule has 0 aliphatic heterocycles. The molecule has 0 aliphatic rings. The third-order valence-electron chi connectivity index (χ3n) is 1.80. The molecule has 76 valence electrons. The molecule has 4 heteroatoms. The minimum atomic E-state index is -0.682. The smallest absolute Gasteiger partial charge is 0.407 e. The predicted molar refractivity (Wildman–Crippen MR) is 50.4 cm³/mol. The highest BCUT2D eigenvalue weighted by molar-refractivity contribution is 5.68. The number of hydrogen-bond donors (Lipinski definition) is 2. The van der Waals surface area contributed by atoms with E-state index in [4.69, 9.17) is 4.74 Å². The Morgan fingerprint density at radius 2 is 2.31 bits per heavy atom. The first-order valence-electron chi connectivity index (χ1n) is 4.14. The van der Waals surface area contributed by atoms with Crippen LogP contribution in [-0.4, -0.2) is 29.4 Å². The zero-order chi connectivity index (χ0) is 10.5. The number of aliphatic hydroxyl groups is 1. The van der Waals surface area contributed by atoms with E-state index >= 15 is 0 Å². The van der Waals surface area contributed by atoms with Gasteiger partial charge < -0.3 is 15.2 Å². The van der Waals surface area contributed by atoms with Crippen molar-refractivity contribution in [2.45, 2.75) is 32.4 Å². The minimum absolute atomic E-state index is 0.168. The Bertz CT molecular complexity index is 187. The van der Waals surface area contributed by atoms with Gasteiger partial charge in [0.05, 0.1) is 11.6 Å². The van der Waals surface area contributed by atoms with Gasteiger partial charge in [0.2, 0.25) is 0 Å². The van der Waals surface area contributed by atoms with E-state index in [0.29, 0.717) is 0 Å². The first-order valence-corrected chi connectivity index (χ1v) is 4.14. The number of alkyl carbamates (subject to hydrolysis) is 1. The van der Waals surface area contributed by atoms with Gasteiger partial charge in [-0.2, -0.15) is 0 Å². The van der Waals surface area contributed by atoms with Gasteiger partial charge in [-0.3, -0.25) is 0 Å². The summed E-state index contributed by atoms with van der Waals surface area (Å²) in [5, 5.41) is 11.8. The fraction of sp³-hybridized carbons (Fsp3) is 0.667. The molecule has 2 N–H and O–H groups in total. The van der Waals surface area contributed by atoms with Gasteiger partial charge in [0.1, 0.15) is 6.61 Å². The molecule has 0 aromatic carbocycles. The van der Waals surface area contributed by atoms with Gasteiger partial charge in [-0.05, 0) is 20.8 Å². The van der Waals surface area contributed by atoms with Crippen molar-refractivity contribution in [2.24, 2.45) is 0 Å². The first-order chi connectivity index (χ1) is 5.90. The number of aliphatic hydroxyl groups excluding tert-OH is 1. The molecule has 0 aromatic heterocycles. The van der Waals surface area contributed by atoms with Crippen molar-refractivity contribution in [2.75, 3.05) is 6.61 Å². The summed E-state index contributed by atoms with van der Waals surface area (Å²) in [5.41, 5.74) is -0.682. The van der Waals surface area contributed by atoms with Crippen LogP contribution in [0.25, 0.3) is 0 Å². The van der Waals surface area contributed by atoms with E-state index in [-0.39, 0.29) is 6.61 Å². The second-order valence-electron chi connectivity index (χ2n) is 3.41. The lowest BCUT2D eigenvalue weighted by molar-refractivity contribution is 0.0840. The standard InChI is InChI=1S/C9H17NO3/c1-5-6-13-8(12)10-9(3,4)7(2)11/h5,7,11H,1,6H2,2-4H3,(H,10,12). The largest absolute Gasteiger partial charge is 0.445 e. The zero-order valence-electron chi connectivity index (χ0n) is 8.33. The number of carbonyl (C=O) groups excluding carboxylic acids is 1. The SMILES string of the molecule is C=CCOC(=O)NC(C)(C)C(C)O. The van der Waals surface area contributed by atoms with Gasteiger partial charge in [-0.25, -0.2) is 4.79 Å². The van der Waals surface area contributed by atoms with E-state index in [1.165, 1.54) is 6.08 Å². The maximum Gasteiger partial charge on any atom is 0.407 e. The average molecular weight is 187 g/mol. The topological polar surface area (TPSA) is 58.6 Å². The number of carbonyl (C=O) groups is 1. The van der Waals surface area contributed by atoms with Gasteiger partial charge in [0.25, 0.3) is 0 Å². The number of nitrogens with one attached hydrogen (secondary N) is 1. The molecule has 0 fully saturated rings. The molecule has 0 heterocycles. The Morgan fingerprint density at radius 3 is 2.69 bits per heavy atom. The van der Waals surface area contributed by atoms with Crippen molar-refractivity contribution >= 4 is 6.09 Å². The van der Waals surface area contributed by atoms with Crippen LogP contribution in [0.5, 0.6) is 0 Å². The third-order valence-corrected chi connectivity index (χ3v) is 1.80. The molecular formula is C9H17NO3. The van der Waals surface area contributed by atoms with Crippen LogP contribution in [0.3, 0.4) is 0 Å². The van der Waals surface area contributed by atoms with Gasteiger partial charge in [0.15, 0.2) is 0 Å². The predicted octanol–water partition coefficient (Wildman–Crippen LogP) is 1.06. The fourth-order valence-corrected chi connectivity index (χ4v) is 0.538. The summed E-state index contributed by atoms with van der Waals surface area (Å²) in [6.45, 7) is 8.61. The Kier molecular flexibility index (Phi) is 4.48. The van der Waals surface area contributed by atoms with Gasteiger partial charge in [-0.1, -0.05) is 12.7 Å². The van der Waals surface area contributed by atoms with Crippen LogP contribution in [0.2, 0.25) is 0 Å². The van der Waals surface area contributed by atoms with Crippen LogP contribution in [0.1, 0.15) is 20.8 Å². The molecule has 0 rings (SSSR count). The Balaban J connectivity index is 3.96. The molecule has 0 radical (unpaired) electrons. The zero-order valence-corrected chi connectivity index (χ0v) is 8.33. The second-order valence-corrected chi connectivity index (χ2v) is 3.41. The van der Waals surface area contributed by atoms with Crippen molar-refractivity contribution in [3.05, 3.63) is 12.7 Å². The van der Waals surface area contributed by atoms with Crippen LogP contribution < -0.4 is 5.32 Å². The molecule has 1 amide bonds. The molecule has 1 atom stereocenters. The third kappa shape index (κ3) is 4.52. The highest BCUT2D eigenvalue weighted by atomic mass is 16.5. The molecule has 1 unspecified atom stereocenters. The van der Waals surface area contributed by atoms with Crippen molar-refractivity contribution in [3.8, 4) is 0 Å². The molecule has 13 heavy (non-hydrogen) atoms. The highest BCUT2D eigenvalue weighted by Gasteiger charge is 2.26. The fourth-order valence-electron chi connectivity index (χ4n) is 0.538. The molecule has 0 saturated heterocycles. The van der Waals surface area contributed by atoms with Gasteiger partial charge >= 0.3 is 6.09 Å². The highest BCUT2D eigenvalue weighted by Crippen LogP contribution is 2.08. The average Bonchev–Trinajstić information content (AvgIpc) is 1.99.